The molecule has 8 heteroatoms. The van der Waals surface area contributed by atoms with Crippen LogP contribution in [-0.4, -0.2) is 72.5 Å². The van der Waals surface area contributed by atoms with Crippen LogP contribution in [0.25, 0.3) is 0 Å². The van der Waals surface area contributed by atoms with E-state index in [0.29, 0.717) is 11.5 Å². The molecule has 1 unspecified atom stereocenters. The number of amides is 1. The van der Waals surface area contributed by atoms with E-state index in [2.05, 4.69) is 38.5 Å². The zero-order valence-corrected chi connectivity index (χ0v) is 18.9. The van der Waals surface area contributed by atoms with Gasteiger partial charge in [-0.05, 0) is 69.3 Å². The molecule has 164 valence electrons. The van der Waals surface area contributed by atoms with Gasteiger partial charge in [-0.3, -0.25) is 19.6 Å². The molecule has 3 aliphatic rings. The van der Waals surface area contributed by atoms with Crippen LogP contribution in [0.3, 0.4) is 0 Å². The largest absolute Gasteiger partial charge is 0.352 e. The van der Waals surface area contributed by atoms with Gasteiger partial charge in [0.2, 0.25) is 5.91 Å². The van der Waals surface area contributed by atoms with E-state index in [1.807, 2.05) is 18.5 Å². The van der Waals surface area contributed by atoms with Crippen molar-refractivity contribution in [1.29, 1.82) is 0 Å². The van der Waals surface area contributed by atoms with Crippen molar-refractivity contribution in [2.45, 2.75) is 50.7 Å². The summed E-state index contributed by atoms with van der Waals surface area (Å²) < 4.78 is 0. The zero-order chi connectivity index (χ0) is 18.7. The van der Waals surface area contributed by atoms with Crippen molar-refractivity contribution in [1.82, 2.24) is 25.4 Å². The third-order valence-electron chi connectivity index (χ3n) is 6.77. The zero-order valence-electron chi connectivity index (χ0n) is 17.3. The van der Waals surface area contributed by atoms with E-state index in [9.17, 15) is 4.79 Å². The Hall–Kier alpha value is -0.920. The Kier molecular flexibility index (Phi) is 9.16. The van der Waals surface area contributed by atoms with Crippen molar-refractivity contribution >= 4 is 30.7 Å². The molecule has 29 heavy (non-hydrogen) atoms. The lowest BCUT2D eigenvalue weighted by Crippen LogP contribution is -2.49. The van der Waals surface area contributed by atoms with Crippen LogP contribution in [-0.2, 0) is 11.3 Å². The molecule has 1 amide bonds. The first-order valence-corrected chi connectivity index (χ1v) is 10.5. The number of halogens is 2. The predicted molar refractivity (Wildman–Crippen MR) is 121 cm³/mol. The van der Waals surface area contributed by atoms with Crippen molar-refractivity contribution in [2.75, 3.05) is 39.8 Å². The maximum Gasteiger partial charge on any atom is 0.237 e. The highest BCUT2D eigenvalue weighted by molar-refractivity contribution is 5.85. The summed E-state index contributed by atoms with van der Waals surface area (Å²) in [7, 11) is 2.12. The van der Waals surface area contributed by atoms with Crippen LogP contribution >= 0.6 is 24.8 Å². The second-order valence-corrected chi connectivity index (χ2v) is 8.81. The minimum Gasteiger partial charge on any atom is -0.352 e. The first kappa shape index (κ1) is 24.4. The topological polar surface area (TPSA) is 60.5 Å². The number of hydrogen-bond acceptors (Lipinski definition) is 5. The number of likely N-dealkylation sites (N-methyl/N-ethyl adjacent to an activating group) is 1. The van der Waals surface area contributed by atoms with E-state index in [1.165, 1.54) is 18.4 Å². The lowest BCUT2D eigenvalue weighted by Gasteiger charge is -2.34. The van der Waals surface area contributed by atoms with Crippen molar-refractivity contribution in [3.8, 4) is 0 Å². The van der Waals surface area contributed by atoms with Crippen LogP contribution in [0.5, 0.6) is 0 Å². The number of hydrogen-bond donors (Lipinski definition) is 2. The average Bonchev–Trinajstić information content (AvgIpc) is 3.00. The van der Waals surface area contributed by atoms with Crippen molar-refractivity contribution in [3.63, 3.8) is 0 Å². The van der Waals surface area contributed by atoms with Crippen LogP contribution in [0.2, 0.25) is 0 Å². The maximum absolute atomic E-state index is 12.9. The SMILES string of the molecule is CN1CC2(CCNCC2)CC1C(=O)NC1CCN(Cc2cccnc2)CC1.Cl.Cl. The Morgan fingerprint density at radius 2 is 2.00 bits per heavy atom. The van der Waals surface area contributed by atoms with Crippen molar-refractivity contribution in [2.24, 2.45) is 5.41 Å². The minimum atomic E-state index is 0. The molecule has 3 fully saturated rings. The molecule has 6 nitrogen and oxygen atoms in total. The number of nitrogens with one attached hydrogen (secondary N) is 2. The van der Waals surface area contributed by atoms with Gasteiger partial charge < -0.3 is 10.6 Å². The van der Waals surface area contributed by atoms with E-state index in [-0.39, 0.29) is 36.8 Å². The summed E-state index contributed by atoms with van der Waals surface area (Å²) in [6.45, 7) is 6.29. The predicted octanol–water partition coefficient (Wildman–Crippen LogP) is 2.08. The van der Waals surface area contributed by atoms with Crippen LogP contribution in [0, 0.1) is 5.41 Å². The smallest absolute Gasteiger partial charge is 0.237 e. The molecule has 4 heterocycles. The second kappa shape index (κ2) is 10.9. The molecule has 0 bridgehead atoms. The number of rotatable bonds is 4. The summed E-state index contributed by atoms with van der Waals surface area (Å²) in [4.78, 5) is 21.9. The highest BCUT2D eigenvalue weighted by atomic mass is 35.5. The Balaban J connectivity index is 0.00000150. The fourth-order valence-corrected chi connectivity index (χ4v) is 5.16. The van der Waals surface area contributed by atoms with Crippen LogP contribution in [0.15, 0.2) is 24.5 Å². The molecule has 3 aliphatic heterocycles. The maximum atomic E-state index is 12.9. The minimum absolute atomic E-state index is 0. The van der Waals surface area contributed by atoms with E-state index < -0.39 is 0 Å². The van der Waals surface area contributed by atoms with Gasteiger partial charge in [0, 0.05) is 44.6 Å². The van der Waals surface area contributed by atoms with Gasteiger partial charge in [-0.1, -0.05) is 6.07 Å². The summed E-state index contributed by atoms with van der Waals surface area (Å²) in [5.74, 6) is 0.249. The van der Waals surface area contributed by atoms with Gasteiger partial charge in [0.25, 0.3) is 0 Å². The summed E-state index contributed by atoms with van der Waals surface area (Å²) in [5.41, 5.74) is 1.62. The van der Waals surface area contributed by atoms with E-state index in [0.717, 1.165) is 58.5 Å². The first-order chi connectivity index (χ1) is 13.1. The average molecular weight is 444 g/mol. The number of pyridine rings is 1. The summed E-state index contributed by atoms with van der Waals surface area (Å²) in [5, 5.41) is 6.82. The number of carbonyl (C=O) groups is 1. The number of nitrogens with zero attached hydrogens (tertiary/aromatic N) is 3. The van der Waals surface area contributed by atoms with Gasteiger partial charge in [0.1, 0.15) is 0 Å². The number of piperidine rings is 2. The lowest BCUT2D eigenvalue weighted by molar-refractivity contribution is -0.126. The lowest BCUT2D eigenvalue weighted by atomic mass is 9.77. The molecule has 0 aromatic carbocycles. The molecule has 1 aromatic rings. The van der Waals surface area contributed by atoms with Crippen LogP contribution in [0.4, 0.5) is 0 Å². The third-order valence-corrected chi connectivity index (χ3v) is 6.77. The summed E-state index contributed by atoms with van der Waals surface area (Å²) in [6.07, 6.45) is 9.27. The van der Waals surface area contributed by atoms with Crippen LogP contribution < -0.4 is 10.6 Å². The molecule has 2 N–H and O–H groups in total. The van der Waals surface area contributed by atoms with E-state index >= 15 is 0 Å². The molecule has 0 radical (unpaired) electrons. The van der Waals surface area contributed by atoms with Gasteiger partial charge in [0.15, 0.2) is 0 Å². The van der Waals surface area contributed by atoms with Gasteiger partial charge in [-0.25, -0.2) is 0 Å². The molecule has 4 rings (SSSR count). The second-order valence-electron chi connectivity index (χ2n) is 8.81. The van der Waals surface area contributed by atoms with Gasteiger partial charge in [0.05, 0.1) is 6.04 Å². The molecule has 1 spiro atoms. The Morgan fingerprint density at radius 1 is 1.28 bits per heavy atom. The molecular formula is C21H35Cl2N5O. The standard InChI is InChI=1S/C21H33N5O.2ClH/c1-25-16-21(6-9-22-10-7-21)13-19(25)20(27)24-18-4-11-26(12-5-18)15-17-3-2-8-23-14-17;;/h2-3,8,14,18-19,22H,4-7,9-13,15-16H2,1H3,(H,24,27);2*1H. The number of carbonyl (C=O) groups excluding carboxylic acids is 1. The Labute approximate surface area is 187 Å². The molecule has 1 atom stereocenters. The monoisotopic (exact) mass is 443 g/mol. The highest BCUT2D eigenvalue weighted by Gasteiger charge is 2.45. The number of likely N-dealkylation sites (tertiary alicyclic amines) is 2. The van der Waals surface area contributed by atoms with Gasteiger partial charge >= 0.3 is 0 Å². The highest BCUT2D eigenvalue weighted by Crippen LogP contribution is 2.41. The van der Waals surface area contributed by atoms with Gasteiger partial charge in [-0.2, -0.15) is 0 Å². The molecule has 0 saturated carbocycles. The molecule has 1 aromatic heterocycles. The van der Waals surface area contributed by atoms with E-state index in [4.69, 9.17) is 0 Å². The fourth-order valence-electron chi connectivity index (χ4n) is 5.16. The Morgan fingerprint density at radius 3 is 2.66 bits per heavy atom. The molecule has 3 saturated heterocycles. The molecule has 0 aliphatic carbocycles. The summed E-state index contributed by atoms with van der Waals surface area (Å²) >= 11 is 0. The normalized spacial score (nSPS) is 25.2. The van der Waals surface area contributed by atoms with Crippen LogP contribution in [0.1, 0.15) is 37.7 Å². The Bertz CT molecular complexity index is 633. The molecular weight excluding hydrogens is 409 g/mol. The fraction of sp³-hybridized carbons (Fsp3) is 0.714. The summed E-state index contributed by atoms with van der Waals surface area (Å²) in [6, 6.07) is 4.50. The quantitative estimate of drug-likeness (QED) is 0.745. The van der Waals surface area contributed by atoms with Crippen molar-refractivity contribution < 1.29 is 4.79 Å². The van der Waals surface area contributed by atoms with E-state index in [1.54, 1.807) is 0 Å². The first-order valence-electron chi connectivity index (χ1n) is 10.5. The van der Waals surface area contributed by atoms with Crippen molar-refractivity contribution in [3.05, 3.63) is 30.1 Å². The van der Waals surface area contributed by atoms with Gasteiger partial charge in [-0.15, -0.1) is 24.8 Å². The third kappa shape index (κ3) is 6.05. The number of aromatic nitrogens is 1.